The van der Waals surface area contributed by atoms with Crippen molar-refractivity contribution in [1.82, 2.24) is 8.61 Å². The second-order valence-corrected chi connectivity index (χ2v) is 6.53. The van der Waals surface area contributed by atoms with E-state index in [-0.39, 0.29) is 12.5 Å². The van der Waals surface area contributed by atoms with Crippen molar-refractivity contribution in [2.24, 2.45) is 5.92 Å². The van der Waals surface area contributed by atoms with Crippen LogP contribution < -0.4 is 0 Å². The first-order valence-electron chi connectivity index (χ1n) is 6.42. The second-order valence-electron chi connectivity index (χ2n) is 4.60. The summed E-state index contributed by atoms with van der Waals surface area (Å²) in [5, 5.41) is 9.06. The van der Waals surface area contributed by atoms with E-state index in [4.69, 9.17) is 5.11 Å². The number of rotatable bonds is 7. The van der Waals surface area contributed by atoms with Gasteiger partial charge in [-0.2, -0.15) is 17.0 Å². The third-order valence-electron chi connectivity index (χ3n) is 3.11. The van der Waals surface area contributed by atoms with Gasteiger partial charge in [0.15, 0.2) is 0 Å². The van der Waals surface area contributed by atoms with Crippen molar-refractivity contribution in [3.05, 3.63) is 0 Å². The molecule has 1 saturated heterocycles. The van der Waals surface area contributed by atoms with Gasteiger partial charge in [0.25, 0.3) is 10.2 Å². The molecule has 1 aliphatic heterocycles. The van der Waals surface area contributed by atoms with Gasteiger partial charge in [-0.15, -0.1) is 0 Å². The average molecular weight is 264 g/mol. The maximum absolute atomic E-state index is 12.3. The standard InChI is InChI=1S/C11H24N2O3S/c1-3-6-12(7-4-2)17(15,16)13-8-5-11(9-13)10-14/h11,14H,3-10H2,1-2H3. The van der Waals surface area contributed by atoms with Crippen molar-refractivity contribution in [2.75, 3.05) is 32.8 Å². The molecule has 102 valence electrons. The highest BCUT2D eigenvalue weighted by molar-refractivity contribution is 7.86. The van der Waals surface area contributed by atoms with Crippen LogP contribution in [0.1, 0.15) is 33.1 Å². The highest BCUT2D eigenvalue weighted by atomic mass is 32.2. The van der Waals surface area contributed by atoms with Crippen molar-refractivity contribution in [3.8, 4) is 0 Å². The fourth-order valence-electron chi connectivity index (χ4n) is 2.16. The van der Waals surface area contributed by atoms with Gasteiger partial charge in [0.1, 0.15) is 0 Å². The molecule has 0 aliphatic carbocycles. The van der Waals surface area contributed by atoms with E-state index in [9.17, 15) is 8.42 Å². The van der Waals surface area contributed by atoms with Crippen molar-refractivity contribution in [3.63, 3.8) is 0 Å². The van der Waals surface area contributed by atoms with Gasteiger partial charge in [-0.25, -0.2) is 0 Å². The summed E-state index contributed by atoms with van der Waals surface area (Å²) < 4.78 is 27.8. The van der Waals surface area contributed by atoms with Crippen LogP contribution >= 0.6 is 0 Å². The van der Waals surface area contributed by atoms with Gasteiger partial charge in [-0.05, 0) is 25.2 Å². The van der Waals surface area contributed by atoms with E-state index in [1.165, 1.54) is 4.31 Å². The Hall–Kier alpha value is -0.170. The molecule has 1 rings (SSSR count). The van der Waals surface area contributed by atoms with Crippen molar-refractivity contribution in [1.29, 1.82) is 0 Å². The minimum atomic E-state index is -3.31. The first-order chi connectivity index (χ1) is 8.06. The molecule has 0 aromatic carbocycles. The molecule has 0 radical (unpaired) electrons. The Morgan fingerprint density at radius 2 is 1.88 bits per heavy atom. The Kier molecular flexibility index (Phi) is 5.85. The normalized spacial score (nSPS) is 22.5. The Morgan fingerprint density at radius 3 is 2.29 bits per heavy atom. The smallest absolute Gasteiger partial charge is 0.281 e. The van der Waals surface area contributed by atoms with Crippen molar-refractivity contribution < 1.29 is 13.5 Å². The van der Waals surface area contributed by atoms with E-state index in [2.05, 4.69) is 0 Å². The fraction of sp³-hybridized carbons (Fsp3) is 1.00. The van der Waals surface area contributed by atoms with Gasteiger partial charge < -0.3 is 5.11 Å². The van der Waals surface area contributed by atoms with Crippen LogP contribution in [0.3, 0.4) is 0 Å². The van der Waals surface area contributed by atoms with Crippen molar-refractivity contribution >= 4 is 10.2 Å². The van der Waals surface area contributed by atoms with Gasteiger partial charge in [0.2, 0.25) is 0 Å². The van der Waals surface area contributed by atoms with Crippen LogP contribution in [0, 0.1) is 5.92 Å². The number of hydrogen-bond donors (Lipinski definition) is 1. The second kappa shape index (κ2) is 6.68. The summed E-state index contributed by atoms with van der Waals surface area (Å²) >= 11 is 0. The maximum Gasteiger partial charge on any atom is 0.281 e. The number of aliphatic hydroxyl groups excluding tert-OH is 1. The molecule has 5 nitrogen and oxygen atoms in total. The maximum atomic E-state index is 12.3. The lowest BCUT2D eigenvalue weighted by atomic mass is 10.1. The molecule has 0 bridgehead atoms. The summed E-state index contributed by atoms with van der Waals surface area (Å²) in [5.74, 6) is 0.106. The van der Waals surface area contributed by atoms with Crippen LogP contribution in [0.15, 0.2) is 0 Å². The summed E-state index contributed by atoms with van der Waals surface area (Å²) in [6, 6.07) is 0. The molecule has 0 amide bonds. The Labute approximate surface area is 105 Å². The summed E-state index contributed by atoms with van der Waals surface area (Å²) in [6.07, 6.45) is 2.43. The fourth-order valence-corrected chi connectivity index (χ4v) is 4.05. The first-order valence-corrected chi connectivity index (χ1v) is 7.82. The Bertz CT molecular complexity index is 313. The van der Waals surface area contributed by atoms with Crippen molar-refractivity contribution in [2.45, 2.75) is 33.1 Å². The number of aliphatic hydroxyl groups is 1. The predicted molar refractivity (Wildman–Crippen MR) is 67.8 cm³/mol. The summed E-state index contributed by atoms with van der Waals surface area (Å²) in [5.41, 5.74) is 0. The minimum absolute atomic E-state index is 0.0770. The zero-order valence-electron chi connectivity index (χ0n) is 10.8. The molecular weight excluding hydrogens is 240 g/mol. The quantitative estimate of drug-likeness (QED) is 0.735. The average Bonchev–Trinajstić information content (AvgIpc) is 2.78. The molecule has 1 N–H and O–H groups in total. The minimum Gasteiger partial charge on any atom is -0.396 e. The molecule has 1 fully saturated rings. The van der Waals surface area contributed by atoms with Gasteiger partial charge in [-0.1, -0.05) is 13.8 Å². The summed E-state index contributed by atoms with van der Waals surface area (Å²) in [6.45, 7) is 6.21. The number of nitrogens with zero attached hydrogens (tertiary/aromatic N) is 2. The molecule has 1 aliphatic rings. The molecule has 17 heavy (non-hydrogen) atoms. The van der Waals surface area contributed by atoms with Crippen LogP contribution in [-0.4, -0.2) is 54.9 Å². The Balaban J connectivity index is 2.71. The highest BCUT2D eigenvalue weighted by Crippen LogP contribution is 2.21. The largest absolute Gasteiger partial charge is 0.396 e. The van der Waals surface area contributed by atoms with E-state index >= 15 is 0 Å². The van der Waals surface area contributed by atoms with Gasteiger partial charge >= 0.3 is 0 Å². The van der Waals surface area contributed by atoms with Crippen LogP contribution in [0.5, 0.6) is 0 Å². The monoisotopic (exact) mass is 264 g/mol. The molecule has 1 unspecified atom stereocenters. The predicted octanol–water partition coefficient (Wildman–Crippen LogP) is 0.667. The lowest BCUT2D eigenvalue weighted by Gasteiger charge is -2.26. The topological polar surface area (TPSA) is 60.9 Å². The lowest BCUT2D eigenvalue weighted by Crippen LogP contribution is -2.43. The molecule has 0 spiro atoms. The van der Waals surface area contributed by atoms with Gasteiger partial charge in [-0.3, -0.25) is 0 Å². The third-order valence-corrected chi connectivity index (χ3v) is 5.11. The van der Waals surface area contributed by atoms with E-state index in [0.717, 1.165) is 19.3 Å². The van der Waals surface area contributed by atoms with Gasteiger partial charge in [0, 0.05) is 32.8 Å². The number of hydrogen-bond acceptors (Lipinski definition) is 3. The summed E-state index contributed by atoms with van der Waals surface area (Å²) in [7, 11) is -3.31. The zero-order valence-corrected chi connectivity index (χ0v) is 11.6. The molecule has 6 heteroatoms. The van der Waals surface area contributed by atoms with Gasteiger partial charge in [0.05, 0.1) is 0 Å². The van der Waals surface area contributed by atoms with E-state index < -0.39 is 10.2 Å². The van der Waals surface area contributed by atoms with Crippen LogP contribution in [-0.2, 0) is 10.2 Å². The molecular formula is C11H24N2O3S. The molecule has 0 aromatic rings. The van der Waals surface area contributed by atoms with Crippen LogP contribution in [0.2, 0.25) is 0 Å². The van der Waals surface area contributed by atoms with E-state index in [0.29, 0.717) is 26.2 Å². The highest BCUT2D eigenvalue weighted by Gasteiger charge is 2.34. The molecule has 1 heterocycles. The lowest BCUT2D eigenvalue weighted by molar-refractivity contribution is 0.232. The molecule has 1 atom stereocenters. The molecule has 0 saturated carbocycles. The van der Waals surface area contributed by atoms with Crippen LogP contribution in [0.25, 0.3) is 0 Å². The Morgan fingerprint density at radius 1 is 1.29 bits per heavy atom. The SMILES string of the molecule is CCCN(CCC)S(=O)(=O)N1CCC(CO)C1. The zero-order chi connectivity index (χ0) is 12.9. The van der Waals surface area contributed by atoms with E-state index in [1.807, 2.05) is 13.8 Å². The van der Waals surface area contributed by atoms with E-state index in [1.54, 1.807) is 4.31 Å². The third kappa shape index (κ3) is 3.64. The first kappa shape index (κ1) is 14.9. The summed E-state index contributed by atoms with van der Waals surface area (Å²) in [4.78, 5) is 0. The van der Waals surface area contributed by atoms with Crippen LogP contribution in [0.4, 0.5) is 0 Å². The molecule has 0 aromatic heterocycles.